The van der Waals surface area contributed by atoms with Crippen LogP contribution in [-0.4, -0.2) is 72.2 Å². The SMILES string of the molecule is CN(C)CCN1C(=O)CC(CC(=O)N2CC3CCCC2C3)(c2cccc(F)c2)C1=O. The first kappa shape index (κ1) is 21.0. The van der Waals surface area contributed by atoms with Gasteiger partial charge < -0.3 is 9.80 Å². The Balaban J connectivity index is 1.64. The second-order valence-corrected chi connectivity index (χ2v) is 9.33. The van der Waals surface area contributed by atoms with E-state index >= 15 is 0 Å². The highest BCUT2D eigenvalue weighted by atomic mass is 19.1. The summed E-state index contributed by atoms with van der Waals surface area (Å²) in [7, 11) is 3.75. The van der Waals surface area contributed by atoms with Gasteiger partial charge in [0.25, 0.3) is 0 Å². The molecular formula is C23H30FN3O3. The number of likely N-dealkylation sites (N-methyl/N-ethyl adjacent to an activating group) is 1. The first-order chi connectivity index (χ1) is 14.3. The molecule has 1 aliphatic carbocycles. The Morgan fingerprint density at radius 2 is 2.07 bits per heavy atom. The van der Waals surface area contributed by atoms with Crippen molar-refractivity contribution in [3.63, 3.8) is 0 Å². The third-order valence-electron chi connectivity index (χ3n) is 6.98. The summed E-state index contributed by atoms with van der Waals surface area (Å²) in [5.41, 5.74) is -0.900. The van der Waals surface area contributed by atoms with Crippen LogP contribution in [0, 0.1) is 11.7 Å². The molecule has 3 amide bonds. The van der Waals surface area contributed by atoms with Gasteiger partial charge in [-0.25, -0.2) is 4.39 Å². The molecule has 3 unspecified atom stereocenters. The van der Waals surface area contributed by atoms with Crippen LogP contribution in [0.25, 0.3) is 0 Å². The Bertz CT molecular complexity index is 858. The van der Waals surface area contributed by atoms with E-state index < -0.39 is 11.2 Å². The number of amides is 3. The van der Waals surface area contributed by atoms with Crippen LogP contribution >= 0.6 is 0 Å². The summed E-state index contributed by atoms with van der Waals surface area (Å²) in [5, 5.41) is 0. The molecule has 2 aliphatic heterocycles. The number of carbonyl (C=O) groups excluding carboxylic acids is 3. The number of halogens is 1. The van der Waals surface area contributed by atoms with E-state index in [1.54, 1.807) is 12.1 Å². The Morgan fingerprint density at radius 1 is 1.27 bits per heavy atom. The van der Waals surface area contributed by atoms with Crippen molar-refractivity contribution in [1.82, 2.24) is 14.7 Å². The van der Waals surface area contributed by atoms with E-state index in [-0.39, 0.29) is 43.1 Å². The van der Waals surface area contributed by atoms with Gasteiger partial charge in [-0.2, -0.15) is 0 Å². The first-order valence-electron chi connectivity index (χ1n) is 10.9. The van der Waals surface area contributed by atoms with Gasteiger partial charge in [0.2, 0.25) is 17.7 Å². The molecule has 2 saturated heterocycles. The van der Waals surface area contributed by atoms with E-state index in [0.29, 0.717) is 18.0 Å². The predicted octanol–water partition coefficient (Wildman–Crippen LogP) is 2.18. The summed E-state index contributed by atoms with van der Waals surface area (Å²) in [4.78, 5) is 44.8. The zero-order valence-corrected chi connectivity index (χ0v) is 17.8. The number of nitrogens with zero attached hydrogens (tertiary/aromatic N) is 3. The smallest absolute Gasteiger partial charge is 0.240 e. The fourth-order valence-corrected chi connectivity index (χ4v) is 5.38. The fourth-order valence-electron chi connectivity index (χ4n) is 5.38. The lowest BCUT2D eigenvalue weighted by Crippen LogP contribution is -2.45. The Labute approximate surface area is 177 Å². The second-order valence-electron chi connectivity index (χ2n) is 9.33. The van der Waals surface area contributed by atoms with Crippen LogP contribution in [0.1, 0.15) is 44.1 Å². The normalized spacial score (nSPS) is 28.7. The highest BCUT2D eigenvalue weighted by Gasteiger charge is 2.54. The van der Waals surface area contributed by atoms with Gasteiger partial charge in [-0.15, -0.1) is 0 Å². The molecule has 2 heterocycles. The number of hydrogen-bond acceptors (Lipinski definition) is 4. The van der Waals surface area contributed by atoms with Gasteiger partial charge in [0.15, 0.2) is 0 Å². The molecule has 1 aromatic rings. The molecule has 0 radical (unpaired) electrons. The summed E-state index contributed by atoms with van der Waals surface area (Å²) in [6, 6.07) is 6.06. The molecule has 30 heavy (non-hydrogen) atoms. The minimum Gasteiger partial charge on any atom is -0.339 e. The maximum Gasteiger partial charge on any atom is 0.240 e. The van der Waals surface area contributed by atoms with Crippen molar-refractivity contribution in [2.24, 2.45) is 5.92 Å². The molecule has 6 nitrogen and oxygen atoms in total. The molecule has 1 aromatic carbocycles. The number of carbonyl (C=O) groups is 3. The molecule has 0 N–H and O–H groups in total. The van der Waals surface area contributed by atoms with Gasteiger partial charge in [0.1, 0.15) is 5.82 Å². The van der Waals surface area contributed by atoms with Crippen molar-refractivity contribution in [3.8, 4) is 0 Å². The molecule has 3 fully saturated rings. The fraction of sp³-hybridized carbons (Fsp3) is 0.609. The van der Waals surface area contributed by atoms with Crippen LogP contribution < -0.4 is 0 Å². The van der Waals surface area contributed by atoms with Gasteiger partial charge in [-0.3, -0.25) is 19.3 Å². The average Bonchev–Trinajstić information content (AvgIpc) is 3.13. The second kappa shape index (κ2) is 8.10. The number of rotatable bonds is 6. The summed E-state index contributed by atoms with van der Waals surface area (Å²) in [6.07, 6.45) is 4.13. The molecule has 162 valence electrons. The van der Waals surface area contributed by atoms with Crippen molar-refractivity contribution in [2.45, 2.75) is 50.0 Å². The van der Waals surface area contributed by atoms with E-state index in [0.717, 1.165) is 32.2 Å². The van der Waals surface area contributed by atoms with Crippen LogP contribution in [0.4, 0.5) is 4.39 Å². The molecule has 3 aliphatic rings. The maximum atomic E-state index is 14.1. The molecule has 0 spiro atoms. The van der Waals surface area contributed by atoms with Gasteiger partial charge in [0.05, 0.1) is 5.41 Å². The van der Waals surface area contributed by atoms with Crippen molar-refractivity contribution < 1.29 is 18.8 Å². The predicted molar refractivity (Wildman–Crippen MR) is 110 cm³/mol. The molecule has 0 aromatic heterocycles. The van der Waals surface area contributed by atoms with Crippen molar-refractivity contribution in [3.05, 3.63) is 35.6 Å². The quantitative estimate of drug-likeness (QED) is 0.668. The highest BCUT2D eigenvalue weighted by molar-refractivity contribution is 6.10. The lowest BCUT2D eigenvalue weighted by molar-refractivity contribution is -0.143. The summed E-state index contributed by atoms with van der Waals surface area (Å²) in [6.45, 7) is 1.54. The zero-order valence-electron chi connectivity index (χ0n) is 17.8. The minimum absolute atomic E-state index is 0.0806. The molecular weight excluding hydrogens is 385 g/mol. The topological polar surface area (TPSA) is 60.9 Å². The summed E-state index contributed by atoms with van der Waals surface area (Å²) < 4.78 is 14.1. The minimum atomic E-state index is -1.32. The first-order valence-corrected chi connectivity index (χ1v) is 10.9. The molecule has 1 saturated carbocycles. The summed E-state index contributed by atoms with van der Waals surface area (Å²) >= 11 is 0. The van der Waals surface area contributed by atoms with Gasteiger partial charge in [0, 0.05) is 38.5 Å². The van der Waals surface area contributed by atoms with E-state index in [2.05, 4.69) is 0 Å². The molecule has 4 rings (SSSR count). The van der Waals surface area contributed by atoms with Gasteiger partial charge in [-0.1, -0.05) is 18.6 Å². The summed E-state index contributed by atoms with van der Waals surface area (Å²) in [5.74, 6) is -0.697. The van der Waals surface area contributed by atoms with Crippen LogP contribution in [0.2, 0.25) is 0 Å². The lowest BCUT2D eigenvalue weighted by Gasteiger charge is -2.31. The number of benzene rings is 1. The monoisotopic (exact) mass is 415 g/mol. The molecule has 2 bridgehead atoms. The van der Waals surface area contributed by atoms with E-state index in [9.17, 15) is 18.8 Å². The van der Waals surface area contributed by atoms with E-state index in [1.165, 1.54) is 17.0 Å². The van der Waals surface area contributed by atoms with Crippen LogP contribution in [-0.2, 0) is 19.8 Å². The van der Waals surface area contributed by atoms with Crippen LogP contribution in [0.3, 0.4) is 0 Å². The van der Waals surface area contributed by atoms with Crippen LogP contribution in [0.15, 0.2) is 24.3 Å². The maximum absolute atomic E-state index is 14.1. The third kappa shape index (κ3) is 3.75. The third-order valence-corrected chi connectivity index (χ3v) is 6.98. The largest absolute Gasteiger partial charge is 0.339 e. The van der Waals surface area contributed by atoms with Gasteiger partial charge in [-0.05, 0) is 57.0 Å². The number of imide groups is 1. The highest BCUT2D eigenvalue weighted by Crippen LogP contribution is 2.42. The standard InChI is InChI=1S/C23H30FN3O3/c1-25(2)9-10-26-20(28)13-23(22(26)30,17-6-4-7-18(24)12-17)14-21(29)27-15-16-5-3-8-19(27)11-16/h4,6-7,12,16,19H,3,5,8-11,13-15H2,1-2H3. The van der Waals surface area contributed by atoms with Gasteiger partial charge >= 0.3 is 0 Å². The Morgan fingerprint density at radius 3 is 2.77 bits per heavy atom. The Hall–Kier alpha value is -2.28. The van der Waals surface area contributed by atoms with E-state index in [1.807, 2.05) is 23.9 Å². The number of likely N-dealkylation sites (tertiary alicyclic amines) is 2. The van der Waals surface area contributed by atoms with Crippen molar-refractivity contribution in [1.29, 1.82) is 0 Å². The molecule has 7 heteroatoms. The van der Waals surface area contributed by atoms with Crippen molar-refractivity contribution in [2.75, 3.05) is 33.7 Å². The van der Waals surface area contributed by atoms with E-state index in [4.69, 9.17) is 0 Å². The zero-order chi connectivity index (χ0) is 21.5. The lowest BCUT2D eigenvalue weighted by atomic mass is 9.75. The Kier molecular flexibility index (Phi) is 5.66. The number of hydrogen-bond donors (Lipinski definition) is 0. The number of fused-ring (bicyclic) bond motifs is 2. The average molecular weight is 416 g/mol. The van der Waals surface area contributed by atoms with Crippen LogP contribution in [0.5, 0.6) is 0 Å². The molecule has 3 atom stereocenters. The van der Waals surface area contributed by atoms with Crippen molar-refractivity contribution >= 4 is 17.7 Å².